The fourth-order valence-corrected chi connectivity index (χ4v) is 5.91. The third kappa shape index (κ3) is 5.89. The summed E-state index contributed by atoms with van der Waals surface area (Å²) in [6.07, 6.45) is 3.80. The molecule has 1 aliphatic carbocycles. The zero-order chi connectivity index (χ0) is 25.0. The number of carbonyl (C=O) groups is 1. The Morgan fingerprint density at radius 3 is 2.50 bits per heavy atom. The summed E-state index contributed by atoms with van der Waals surface area (Å²) in [5.41, 5.74) is 2.97. The number of nitrogens with zero attached hydrogens (tertiary/aromatic N) is 3. The molecule has 3 rings (SSSR count). The summed E-state index contributed by atoms with van der Waals surface area (Å²) in [5, 5.41) is 9.16. The van der Waals surface area contributed by atoms with E-state index >= 15 is 0 Å². The first-order valence-electron chi connectivity index (χ1n) is 11.8. The Hall–Kier alpha value is -2.19. The van der Waals surface area contributed by atoms with E-state index in [0.29, 0.717) is 17.9 Å². The van der Waals surface area contributed by atoms with Crippen molar-refractivity contribution in [3.05, 3.63) is 34.9 Å². The van der Waals surface area contributed by atoms with Crippen LogP contribution in [0.1, 0.15) is 61.6 Å². The second kappa shape index (κ2) is 11.0. The van der Waals surface area contributed by atoms with Crippen LogP contribution in [0.2, 0.25) is 0 Å². The molecule has 1 amide bonds. The van der Waals surface area contributed by atoms with Gasteiger partial charge in [0.1, 0.15) is 0 Å². The second-order valence-electron chi connectivity index (χ2n) is 9.53. The second-order valence-corrected chi connectivity index (χ2v) is 11.5. The molecule has 3 atom stereocenters. The van der Waals surface area contributed by atoms with Crippen LogP contribution in [0.15, 0.2) is 18.2 Å². The van der Waals surface area contributed by atoms with Crippen molar-refractivity contribution in [2.24, 2.45) is 0 Å². The van der Waals surface area contributed by atoms with E-state index < -0.39 is 28.4 Å². The number of benzene rings is 1. The van der Waals surface area contributed by atoms with Crippen molar-refractivity contribution in [3.63, 3.8) is 0 Å². The standard InChI is InChI=1S/C24H36N4O5S/c1-16-12-19(6-7-20(16)14-25)18-8-10-21(11-9-18)33-15-23-22(26-34(30,31)27(3)4)13-17(2)28(23)24(29)32-5/h6-7,12,17-18,21-23,26H,8-11,13,15H2,1-5H3/t17-,18-,21-,22+,23+/m1/s1. The van der Waals surface area contributed by atoms with E-state index in [1.165, 1.54) is 26.8 Å². The van der Waals surface area contributed by atoms with Crippen LogP contribution in [0.25, 0.3) is 0 Å². The molecule has 9 nitrogen and oxygen atoms in total. The van der Waals surface area contributed by atoms with Crippen molar-refractivity contribution < 1.29 is 22.7 Å². The Kier molecular flexibility index (Phi) is 8.57. The van der Waals surface area contributed by atoms with Crippen molar-refractivity contribution in [1.29, 1.82) is 5.26 Å². The van der Waals surface area contributed by atoms with Gasteiger partial charge in [-0.3, -0.25) is 4.90 Å². The number of methoxy groups -OCH3 is 1. The van der Waals surface area contributed by atoms with Crippen LogP contribution in [-0.4, -0.2) is 75.8 Å². The molecule has 1 aromatic carbocycles. The predicted octanol–water partition coefficient (Wildman–Crippen LogP) is 2.90. The Morgan fingerprint density at radius 1 is 1.26 bits per heavy atom. The number of ether oxygens (including phenoxy) is 2. The smallest absolute Gasteiger partial charge is 0.410 e. The number of amides is 1. The summed E-state index contributed by atoms with van der Waals surface area (Å²) < 4.78 is 40.0. The van der Waals surface area contributed by atoms with Crippen molar-refractivity contribution >= 4 is 16.3 Å². The summed E-state index contributed by atoms with van der Waals surface area (Å²) in [5.74, 6) is 0.434. The number of aryl methyl sites for hydroxylation is 1. The molecule has 188 valence electrons. The Balaban J connectivity index is 1.63. The van der Waals surface area contributed by atoms with Gasteiger partial charge in [0, 0.05) is 26.2 Å². The average Bonchev–Trinajstić information content (AvgIpc) is 3.11. The fraction of sp³-hybridized carbons (Fsp3) is 0.667. The number of nitrogens with one attached hydrogen (secondary N) is 1. The van der Waals surface area contributed by atoms with Gasteiger partial charge in [0.05, 0.1) is 37.5 Å². The molecule has 1 heterocycles. The Labute approximate surface area is 203 Å². The molecular formula is C24H36N4O5S. The summed E-state index contributed by atoms with van der Waals surface area (Å²) in [4.78, 5) is 14.0. The third-order valence-corrected chi connectivity index (χ3v) is 8.64. The lowest BCUT2D eigenvalue weighted by Crippen LogP contribution is -2.52. The minimum absolute atomic E-state index is 0.0530. The summed E-state index contributed by atoms with van der Waals surface area (Å²) in [6, 6.07) is 7.19. The number of rotatable bonds is 7. The van der Waals surface area contributed by atoms with E-state index in [9.17, 15) is 13.2 Å². The molecule has 2 aliphatic rings. The highest BCUT2D eigenvalue weighted by atomic mass is 32.2. The first-order valence-corrected chi connectivity index (χ1v) is 13.2. The highest BCUT2D eigenvalue weighted by Crippen LogP contribution is 2.35. The molecular weight excluding hydrogens is 456 g/mol. The Morgan fingerprint density at radius 2 is 1.94 bits per heavy atom. The van der Waals surface area contributed by atoms with Crippen LogP contribution in [0.4, 0.5) is 4.79 Å². The number of carbonyl (C=O) groups excluding carboxylic acids is 1. The highest BCUT2D eigenvalue weighted by Gasteiger charge is 2.44. The van der Waals surface area contributed by atoms with E-state index in [1.54, 1.807) is 4.90 Å². The van der Waals surface area contributed by atoms with Gasteiger partial charge in [-0.15, -0.1) is 0 Å². The molecule has 10 heteroatoms. The first-order chi connectivity index (χ1) is 16.1. The fourth-order valence-electron chi connectivity index (χ4n) is 5.06. The average molecular weight is 493 g/mol. The molecule has 1 aromatic rings. The highest BCUT2D eigenvalue weighted by molar-refractivity contribution is 7.87. The lowest BCUT2D eigenvalue weighted by Gasteiger charge is -2.33. The maximum Gasteiger partial charge on any atom is 0.410 e. The third-order valence-electron chi connectivity index (χ3n) is 7.08. The van der Waals surface area contributed by atoms with Crippen LogP contribution in [0.3, 0.4) is 0 Å². The first kappa shape index (κ1) is 26.4. The molecule has 1 saturated carbocycles. The van der Waals surface area contributed by atoms with Crippen molar-refractivity contribution in [1.82, 2.24) is 13.9 Å². The van der Waals surface area contributed by atoms with Crippen molar-refractivity contribution in [2.75, 3.05) is 27.8 Å². The normalized spacial score (nSPS) is 27.6. The molecule has 1 saturated heterocycles. The molecule has 0 radical (unpaired) electrons. The SMILES string of the molecule is COC(=O)N1[C@H](C)C[C@H](NS(=O)(=O)N(C)C)[C@@H]1CO[C@H]1CC[C@H](c2ccc(C#N)c(C)c2)CC1. The lowest BCUT2D eigenvalue weighted by molar-refractivity contribution is -0.00865. The molecule has 34 heavy (non-hydrogen) atoms. The van der Waals surface area contributed by atoms with Crippen LogP contribution in [0, 0.1) is 18.3 Å². The van der Waals surface area contributed by atoms with Crippen LogP contribution >= 0.6 is 0 Å². The monoisotopic (exact) mass is 492 g/mol. The van der Waals surface area contributed by atoms with Crippen LogP contribution < -0.4 is 4.72 Å². The Bertz CT molecular complexity index is 1010. The van der Waals surface area contributed by atoms with Gasteiger partial charge in [-0.1, -0.05) is 12.1 Å². The van der Waals surface area contributed by atoms with Crippen LogP contribution in [-0.2, 0) is 19.7 Å². The zero-order valence-electron chi connectivity index (χ0n) is 20.7. The largest absolute Gasteiger partial charge is 0.453 e. The van der Waals surface area contributed by atoms with Crippen molar-refractivity contribution in [2.45, 2.75) is 76.1 Å². The van der Waals surface area contributed by atoms with E-state index in [0.717, 1.165) is 35.6 Å². The summed E-state index contributed by atoms with van der Waals surface area (Å²) >= 11 is 0. The van der Waals surface area contributed by atoms with Gasteiger partial charge in [-0.25, -0.2) is 4.79 Å². The van der Waals surface area contributed by atoms with Gasteiger partial charge in [0.25, 0.3) is 10.2 Å². The van der Waals surface area contributed by atoms with Gasteiger partial charge in [0.15, 0.2) is 0 Å². The van der Waals surface area contributed by atoms with Gasteiger partial charge in [-0.2, -0.15) is 22.7 Å². The zero-order valence-corrected chi connectivity index (χ0v) is 21.5. The molecule has 2 fully saturated rings. The van der Waals surface area contributed by atoms with Gasteiger partial charge < -0.3 is 9.47 Å². The maximum atomic E-state index is 12.4. The van der Waals surface area contributed by atoms with Gasteiger partial charge >= 0.3 is 6.09 Å². The van der Waals surface area contributed by atoms with Gasteiger partial charge in [0.2, 0.25) is 0 Å². The van der Waals surface area contributed by atoms with E-state index in [1.807, 2.05) is 26.0 Å². The molecule has 1 aliphatic heterocycles. The molecule has 0 unspecified atom stereocenters. The summed E-state index contributed by atoms with van der Waals surface area (Å²) in [6.45, 7) is 4.09. The minimum atomic E-state index is -3.65. The minimum Gasteiger partial charge on any atom is -0.453 e. The number of nitriles is 1. The molecule has 0 bridgehead atoms. The molecule has 0 spiro atoms. The van der Waals surface area contributed by atoms with E-state index in [-0.39, 0.29) is 18.8 Å². The van der Waals surface area contributed by atoms with Crippen molar-refractivity contribution in [3.8, 4) is 6.07 Å². The topological polar surface area (TPSA) is 112 Å². The van der Waals surface area contributed by atoms with Crippen LogP contribution in [0.5, 0.6) is 0 Å². The predicted molar refractivity (Wildman–Crippen MR) is 128 cm³/mol. The number of hydrogen-bond donors (Lipinski definition) is 1. The number of likely N-dealkylation sites (tertiary alicyclic amines) is 1. The lowest BCUT2D eigenvalue weighted by atomic mass is 9.82. The summed E-state index contributed by atoms with van der Waals surface area (Å²) in [7, 11) is 0.616. The number of hydrogen-bond acceptors (Lipinski definition) is 6. The quantitative estimate of drug-likeness (QED) is 0.626. The van der Waals surface area contributed by atoms with Gasteiger partial charge in [-0.05, 0) is 69.1 Å². The molecule has 0 aromatic heterocycles. The molecule has 1 N–H and O–H groups in total. The van der Waals surface area contributed by atoms with E-state index in [2.05, 4.69) is 16.9 Å². The van der Waals surface area contributed by atoms with E-state index in [4.69, 9.17) is 14.7 Å². The maximum absolute atomic E-state index is 12.4.